The van der Waals surface area contributed by atoms with Crippen molar-refractivity contribution < 1.29 is 14.3 Å². The Hall–Kier alpha value is -2.51. The molecule has 1 atom stereocenters. The number of rotatable bonds is 4. The second kappa shape index (κ2) is 8.45. The molecule has 0 radical (unpaired) electrons. The predicted octanol–water partition coefficient (Wildman–Crippen LogP) is 3.94. The molecule has 1 N–H and O–H groups in total. The van der Waals surface area contributed by atoms with E-state index in [0.717, 1.165) is 0 Å². The number of hydrogen-bond acceptors (Lipinski definition) is 5. The number of carbonyl (C=O) groups excluding carboxylic acids is 2. The minimum atomic E-state index is -0.554. The summed E-state index contributed by atoms with van der Waals surface area (Å²) in [7, 11) is 3.23. The minimum Gasteiger partial charge on any atom is -0.497 e. The first kappa shape index (κ1) is 19.3. The number of thioether (sulfide) groups is 1. The van der Waals surface area contributed by atoms with E-state index < -0.39 is 5.25 Å². The Kier molecular flexibility index (Phi) is 6.03. The average molecular weight is 404 g/mol. The summed E-state index contributed by atoms with van der Waals surface area (Å²) in [5, 5.41) is 3.36. The largest absolute Gasteiger partial charge is 0.497 e. The molecule has 2 amide bonds. The molecule has 140 valence electrons. The Balaban J connectivity index is 1.74. The first-order chi connectivity index (χ1) is 13.0. The summed E-state index contributed by atoms with van der Waals surface area (Å²) in [6.45, 7) is 0. The molecule has 0 unspecified atom stereocenters. The number of ether oxygens (including phenoxy) is 1. The standard InChI is InChI=1S/C19H18ClN3O3S/c1-23-17(24)11-16(18(25)21-13-7-9-15(26-2)10-8-13)27-19(23)22-14-5-3-12(20)4-6-14/h3-10,16H,11H2,1-2H3,(H,21,25)/t16-/m1/s1. The van der Waals surface area contributed by atoms with Gasteiger partial charge in [0, 0.05) is 24.2 Å². The number of methoxy groups -OCH3 is 1. The molecule has 2 aromatic carbocycles. The molecule has 3 rings (SSSR count). The van der Waals surface area contributed by atoms with Gasteiger partial charge in [0.2, 0.25) is 11.8 Å². The third-order valence-electron chi connectivity index (χ3n) is 3.97. The Morgan fingerprint density at radius 1 is 1.22 bits per heavy atom. The third-order valence-corrected chi connectivity index (χ3v) is 5.46. The lowest BCUT2D eigenvalue weighted by molar-refractivity contribution is -0.128. The highest BCUT2D eigenvalue weighted by Crippen LogP contribution is 2.29. The number of hydrogen-bond donors (Lipinski definition) is 1. The van der Waals surface area contributed by atoms with Crippen LogP contribution < -0.4 is 10.1 Å². The van der Waals surface area contributed by atoms with Crippen LogP contribution in [0.15, 0.2) is 53.5 Å². The lowest BCUT2D eigenvalue weighted by Gasteiger charge is -2.28. The number of halogens is 1. The maximum absolute atomic E-state index is 12.6. The van der Waals surface area contributed by atoms with E-state index in [1.807, 2.05) is 0 Å². The van der Waals surface area contributed by atoms with Gasteiger partial charge in [0.05, 0.1) is 12.8 Å². The van der Waals surface area contributed by atoms with E-state index in [0.29, 0.717) is 27.3 Å². The van der Waals surface area contributed by atoms with Gasteiger partial charge in [-0.15, -0.1) is 0 Å². The maximum atomic E-state index is 12.6. The van der Waals surface area contributed by atoms with E-state index in [1.165, 1.54) is 16.7 Å². The van der Waals surface area contributed by atoms with Gasteiger partial charge in [-0.2, -0.15) is 0 Å². The zero-order valence-electron chi connectivity index (χ0n) is 14.8. The zero-order valence-corrected chi connectivity index (χ0v) is 16.4. The summed E-state index contributed by atoms with van der Waals surface area (Å²) in [5.41, 5.74) is 1.31. The molecule has 6 nitrogen and oxygen atoms in total. The summed E-state index contributed by atoms with van der Waals surface area (Å²) >= 11 is 7.15. The van der Waals surface area contributed by atoms with E-state index in [4.69, 9.17) is 16.3 Å². The molecule has 0 saturated carbocycles. The topological polar surface area (TPSA) is 71.0 Å². The summed E-state index contributed by atoms with van der Waals surface area (Å²) < 4.78 is 5.10. The van der Waals surface area contributed by atoms with Gasteiger partial charge >= 0.3 is 0 Å². The zero-order chi connectivity index (χ0) is 19.4. The van der Waals surface area contributed by atoms with Gasteiger partial charge in [-0.1, -0.05) is 23.4 Å². The molecule has 0 spiro atoms. The number of carbonyl (C=O) groups is 2. The Morgan fingerprint density at radius 2 is 1.89 bits per heavy atom. The van der Waals surface area contributed by atoms with Gasteiger partial charge < -0.3 is 10.1 Å². The number of anilines is 1. The van der Waals surface area contributed by atoms with Gasteiger partial charge in [-0.3, -0.25) is 14.5 Å². The Morgan fingerprint density at radius 3 is 2.52 bits per heavy atom. The second-order valence-electron chi connectivity index (χ2n) is 5.85. The fraction of sp³-hybridized carbons (Fsp3) is 0.211. The van der Waals surface area contributed by atoms with Gasteiger partial charge in [0.1, 0.15) is 11.0 Å². The maximum Gasteiger partial charge on any atom is 0.238 e. The first-order valence-electron chi connectivity index (χ1n) is 8.18. The van der Waals surface area contributed by atoms with E-state index in [1.54, 1.807) is 62.7 Å². The smallest absolute Gasteiger partial charge is 0.238 e. The number of nitrogens with one attached hydrogen (secondary N) is 1. The summed E-state index contributed by atoms with van der Waals surface area (Å²) in [4.78, 5) is 30.9. The number of nitrogens with zero attached hydrogens (tertiary/aromatic N) is 2. The highest BCUT2D eigenvalue weighted by molar-refractivity contribution is 8.15. The molecule has 1 fully saturated rings. The molecule has 2 aromatic rings. The number of amidine groups is 1. The number of aliphatic imine (C=N–C) groups is 1. The molecule has 1 aliphatic heterocycles. The second-order valence-corrected chi connectivity index (χ2v) is 7.46. The van der Waals surface area contributed by atoms with Crippen molar-refractivity contribution in [1.82, 2.24) is 4.90 Å². The van der Waals surface area contributed by atoms with E-state index in [2.05, 4.69) is 10.3 Å². The number of benzene rings is 2. The van der Waals surface area contributed by atoms with Gasteiger partial charge in [0.15, 0.2) is 5.17 Å². The molecule has 0 bridgehead atoms. The molecule has 1 heterocycles. The van der Waals surface area contributed by atoms with Crippen LogP contribution in [0.5, 0.6) is 5.75 Å². The molecular formula is C19H18ClN3O3S. The van der Waals surface area contributed by atoms with Crippen molar-refractivity contribution in [3.8, 4) is 5.75 Å². The Labute approximate surface area is 166 Å². The van der Waals surface area contributed by atoms with Crippen molar-refractivity contribution in [3.63, 3.8) is 0 Å². The summed E-state index contributed by atoms with van der Waals surface area (Å²) in [6, 6.07) is 14.0. The van der Waals surface area contributed by atoms with Crippen LogP contribution in [0.3, 0.4) is 0 Å². The van der Waals surface area contributed by atoms with Crippen LogP contribution in [0.25, 0.3) is 0 Å². The van der Waals surface area contributed by atoms with E-state index in [9.17, 15) is 9.59 Å². The van der Waals surface area contributed by atoms with Gasteiger partial charge in [0.25, 0.3) is 0 Å². The molecule has 1 aliphatic rings. The summed E-state index contributed by atoms with van der Waals surface area (Å²) in [5.74, 6) is 0.306. The molecule has 27 heavy (non-hydrogen) atoms. The quantitative estimate of drug-likeness (QED) is 0.839. The fourth-order valence-electron chi connectivity index (χ4n) is 2.42. The molecule has 1 saturated heterocycles. The van der Waals surface area contributed by atoms with Crippen molar-refractivity contribution in [2.45, 2.75) is 11.7 Å². The molecule has 0 aromatic heterocycles. The number of amides is 2. The summed E-state index contributed by atoms with van der Waals surface area (Å²) in [6.07, 6.45) is 0.114. The monoisotopic (exact) mass is 403 g/mol. The van der Waals surface area contributed by atoms with Crippen LogP contribution in [0, 0.1) is 0 Å². The third kappa shape index (κ3) is 4.81. The van der Waals surface area contributed by atoms with Crippen molar-refractivity contribution in [2.24, 2.45) is 4.99 Å². The highest BCUT2D eigenvalue weighted by Gasteiger charge is 2.34. The van der Waals surface area contributed by atoms with Crippen molar-refractivity contribution >= 4 is 51.7 Å². The van der Waals surface area contributed by atoms with E-state index >= 15 is 0 Å². The SMILES string of the molecule is COc1ccc(NC(=O)[C@H]2CC(=O)N(C)C(=Nc3ccc(Cl)cc3)S2)cc1. The van der Waals surface area contributed by atoms with Crippen LogP contribution in [-0.2, 0) is 9.59 Å². The van der Waals surface area contributed by atoms with Crippen molar-refractivity contribution in [3.05, 3.63) is 53.6 Å². The highest BCUT2D eigenvalue weighted by atomic mass is 35.5. The lowest BCUT2D eigenvalue weighted by atomic mass is 10.2. The predicted molar refractivity (Wildman–Crippen MR) is 109 cm³/mol. The minimum absolute atomic E-state index is 0.114. The van der Waals surface area contributed by atoms with Gasteiger partial charge in [-0.05, 0) is 48.5 Å². The fourth-order valence-corrected chi connectivity index (χ4v) is 3.61. The van der Waals surface area contributed by atoms with E-state index in [-0.39, 0.29) is 18.2 Å². The molecule has 0 aliphatic carbocycles. The normalized spacial score (nSPS) is 18.5. The lowest BCUT2D eigenvalue weighted by Crippen LogP contribution is -2.43. The van der Waals surface area contributed by atoms with Crippen LogP contribution in [0.1, 0.15) is 6.42 Å². The molecule has 8 heteroatoms. The van der Waals surface area contributed by atoms with Crippen LogP contribution in [-0.4, -0.2) is 41.3 Å². The van der Waals surface area contributed by atoms with Gasteiger partial charge in [-0.25, -0.2) is 4.99 Å². The Bertz CT molecular complexity index is 869. The first-order valence-corrected chi connectivity index (χ1v) is 9.44. The molecular weight excluding hydrogens is 386 g/mol. The van der Waals surface area contributed by atoms with Crippen LogP contribution >= 0.6 is 23.4 Å². The van der Waals surface area contributed by atoms with Crippen molar-refractivity contribution in [1.29, 1.82) is 0 Å². The van der Waals surface area contributed by atoms with Crippen molar-refractivity contribution in [2.75, 3.05) is 19.5 Å². The average Bonchev–Trinajstić information content (AvgIpc) is 2.67. The van der Waals surface area contributed by atoms with Crippen LogP contribution in [0.2, 0.25) is 5.02 Å². The van der Waals surface area contributed by atoms with Crippen LogP contribution in [0.4, 0.5) is 11.4 Å².